The predicted octanol–water partition coefficient (Wildman–Crippen LogP) is 8.20. The number of benzene rings is 5. The van der Waals surface area contributed by atoms with E-state index < -0.39 is 17.3 Å². The number of para-hydroxylation sites is 2. The number of carbonyl (C=O) groups is 1. The van der Waals surface area contributed by atoms with Gasteiger partial charge in [0.2, 0.25) is 0 Å². The average Bonchev–Trinajstić information content (AvgIpc) is 3.49. The molecular weight excluding hydrogens is 543 g/mol. The molecule has 212 valence electrons. The maximum Gasteiger partial charge on any atom is 0.338 e. The van der Waals surface area contributed by atoms with Crippen molar-refractivity contribution in [1.82, 2.24) is 9.55 Å². The molecule has 0 unspecified atom stereocenters. The molecule has 0 amide bonds. The number of rotatable bonds is 10. The molecule has 5 aromatic carbocycles. The van der Waals surface area contributed by atoms with Gasteiger partial charge < -0.3 is 14.6 Å². The zero-order valence-electron chi connectivity index (χ0n) is 23.1. The number of carboxylic acid groups (broad SMARTS) is 1. The van der Waals surface area contributed by atoms with E-state index in [1.807, 2.05) is 109 Å². The van der Waals surface area contributed by atoms with Crippen LogP contribution in [0.15, 0.2) is 134 Å². The molecule has 7 heteroatoms. The number of aromatic carboxylic acids is 1. The monoisotopic (exact) mass is 570 g/mol. The van der Waals surface area contributed by atoms with Gasteiger partial charge in [-0.25, -0.2) is 14.2 Å². The Morgan fingerprint density at radius 3 is 1.81 bits per heavy atom. The molecule has 0 spiro atoms. The molecule has 1 N–H and O–H groups in total. The van der Waals surface area contributed by atoms with Gasteiger partial charge in [-0.05, 0) is 53.6 Å². The van der Waals surface area contributed by atoms with E-state index >= 15 is 0 Å². The van der Waals surface area contributed by atoms with Crippen LogP contribution in [0, 0.1) is 5.82 Å². The number of halogens is 1. The molecule has 6 aromatic rings. The highest BCUT2D eigenvalue weighted by Crippen LogP contribution is 2.37. The highest BCUT2D eigenvalue weighted by Gasteiger charge is 2.20. The molecule has 0 aliphatic rings. The van der Waals surface area contributed by atoms with Crippen molar-refractivity contribution in [3.8, 4) is 39.8 Å². The van der Waals surface area contributed by atoms with Crippen LogP contribution >= 0.6 is 0 Å². The Hall–Kier alpha value is -5.69. The van der Waals surface area contributed by atoms with Crippen LogP contribution in [0.5, 0.6) is 11.5 Å². The largest absolute Gasteiger partial charge is 0.488 e. The number of ether oxygens (including phenoxy) is 2. The topological polar surface area (TPSA) is 73.6 Å². The normalized spacial score (nSPS) is 10.8. The van der Waals surface area contributed by atoms with Gasteiger partial charge in [-0.1, -0.05) is 84.9 Å². The SMILES string of the molecule is O=C(O)c1ccc(-n2cc(-c3ccccc3OCc3ccccc3)nc2-c2ccccc2OCc2ccccc2)cc1F. The van der Waals surface area contributed by atoms with E-state index in [1.54, 1.807) is 16.8 Å². The molecule has 0 radical (unpaired) electrons. The molecule has 0 bridgehead atoms. The maximum atomic E-state index is 14.9. The van der Waals surface area contributed by atoms with Crippen molar-refractivity contribution < 1.29 is 23.8 Å². The molecule has 6 nitrogen and oxygen atoms in total. The number of aromatic nitrogens is 2. The third kappa shape index (κ3) is 6.16. The Morgan fingerprint density at radius 2 is 1.23 bits per heavy atom. The summed E-state index contributed by atoms with van der Waals surface area (Å²) in [6.07, 6.45) is 1.79. The van der Waals surface area contributed by atoms with Crippen LogP contribution in [0.25, 0.3) is 28.3 Å². The standard InChI is InChI=1S/C36H27FN2O4/c37-31-21-27(19-20-28(31)36(40)41)39-22-32(29-15-7-9-17-33(29)42-23-25-11-3-1-4-12-25)38-35(39)30-16-8-10-18-34(30)43-24-26-13-5-2-6-14-26/h1-22H,23-24H2,(H,40,41). The molecule has 43 heavy (non-hydrogen) atoms. The first-order valence-corrected chi connectivity index (χ1v) is 13.7. The van der Waals surface area contributed by atoms with E-state index in [4.69, 9.17) is 14.5 Å². The van der Waals surface area contributed by atoms with Crippen LogP contribution in [0.2, 0.25) is 0 Å². The molecule has 0 aliphatic heterocycles. The number of carboxylic acids is 1. The van der Waals surface area contributed by atoms with Crippen molar-refractivity contribution in [1.29, 1.82) is 0 Å². The lowest BCUT2D eigenvalue weighted by Gasteiger charge is -2.13. The number of hydrogen-bond donors (Lipinski definition) is 1. The van der Waals surface area contributed by atoms with Crippen LogP contribution in [0.4, 0.5) is 4.39 Å². The summed E-state index contributed by atoms with van der Waals surface area (Å²) < 4.78 is 29.1. The summed E-state index contributed by atoms with van der Waals surface area (Å²) in [4.78, 5) is 16.5. The fraction of sp³-hybridized carbons (Fsp3) is 0.0556. The summed E-state index contributed by atoms with van der Waals surface area (Å²) in [7, 11) is 0. The predicted molar refractivity (Wildman–Crippen MR) is 163 cm³/mol. The zero-order chi connectivity index (χ0) is 29.6. The second kappa shape index (κ2) is 12.4. The van der Waals surface area contributed by atoms with Crippen molar-refractivity contribution in [3.63, 3.8) is 0 Å². The Morgan fingerprint density at radius 1 is 0.698 bits per heavy atom. The Labute approximate surface area is 248 Å². The molecule has 1 aromatic heterocycles. The highest BCUT2D eigenvalue weighted by atomic mass is 19.1. The second-order valence-electron chi connectivity index (χ2n) is 9.83. The van der Waals surface area contributed by atoms with Crippen LogP contribution in [0.3, 0.4) is 0 Å². The number of nitrogens with zero attached hydrogens (tertiary/aromatic N) is 2. The van der Waals surface area contributed by atoms with Crippen molar-refractivity contribution in [3.05, 3.63) is 156 Å². The lowest BCUT2D eigenvalue weighted by atomic mass is 10.1. The molecule has 6 rings (SSSR count). The summed E-state index contributed by atoms with van der Waals surface area (Å²) in [5.74, 6) is -0.435. The van der Waals surface area contributed by atoms with E-state index in [2.05, 4.69) is 0 Å². The third-order valence-electron chi connectivity index (χ3n) is 6.93. The summed E-state index contributed by atoms with van der Waals surface area (Å²) >= 11 is 0. The van der Waals surface area contributed by atoms with Crippen LogP contribution in [-0.4, -0.2) is 20.6 Å². The summed E-state index contributed by atoms with van der Waals surface area (Å²) in [6.45, 7) is 0.729. The van der Waals surface area contributed by atoms with Crippen molar-refractivity contribution in [2.75, 3.05) is 0 Å². The van der Waals surface area contributed by atoms with Gasteiger partial charge in [0.15, 0.2) is 0 Å². The van der Waals surface area contributed by atoms with Gasteiger partial charge in [-0.15, -0.1) is 0 Å². The lowest BCUT2D eigenvalue weighted by Crippen LogP contribution is -2.04. The van der Waals surface area contributed by atoms with Crippen molar-refractivity contribution in [2.24, 2.45) is 0 Å². The van der Waals surface area contributed by atoms with E-state index in [9.17, 15) is 14.3 Å². The van der Waals surface area contributed by atoms with Crippen molar-refractivity contribution in [2.45, 2.75) is 13.2 Å². The molecule has 0 saturated heterocycles. The summed E-state index contributed by atoms with van der Waals surface area (Å²) in [6, 6.07) is 38.9. The fourth-order valence-corrected chi connectivity index (χ4v) is 4.78. The Balaban J connectivity index is 1.44. The summed E-state index contributed by atoms with van der Waals surface area (Å²) in [5, 5.41) is 9.38. The van der Waals surface area contributed by atoms with Gasteiger partial charge in [0, 0.05) is 11.8 Å². The average molecular weight is 571 g/mol. The van der Waals surface area contributed by atoms with Crippen LogP contribution < -0.4 is 9.47 Å². The first-order valence-electron chi connectivity index (χ1n) is 13.7. The van der Waals surface area contributed by atoms with Crippen molar-refractivity contribution >= 4 is 5.97 Å². The van der Waals surface area contributed by atoms with Gasteiger partial charge in [0.05, 0.1) is 22.5 Å². The molecule has 0 atom stereocenters. The third-order valence-corrected chi connectivity index (χ3v) is 6.93. The van der Waals surface area contributed by atoms with Gasteiger partial charge in [0.1, 0.15) is 36.4 Å². The highest BCUT2D eigenvalue weighted by molar-refractivity contribution is 5.88. The second-order valence-corrected chi connectivity index (χ2v) is 9.83. The molecule has 0 aliphatic carbocycles. The van der Waals surface area contributed by atoms with Crippen LogP contribution in [-0.2, 0) is 13.2 Å². The molecule has 0 saturated carbocycles. The van der Waals surface area contributed by atoms with E-state index in [0.717, 1.165) is 16.7 Å². The van der Waals surface area contributed by atoms with E-state index in [-0.39, 0.29) is 0 Å². The fourth-order valence-electron chi connectivity index (χ4n) is 4.78. The minimum atomic E-state index is -1.33. The number of imidazole rings is 1. The minimum absolute atomic E-state index is 0.351. The van der Waals surface area contributed by atoms with Gasteiger partial charge in [0.25, 0.3) is 0 Å². The zero-order valence-corrected chi connectivity index (χ0v) is 23.1. The number of hydrogen-bond acceptors (Lipinski definition) is 4. The van der Waals surface area contributed by atoms with Gasteiger partial charge >= 0.3 is 5.97 Å². The first kappa shape index (κ1) is 27.5. The quantitative estimate of drug-likeness (QED) is 0.180. The first-order chi connectivity index (χ1) is 21.1. The van der Waals surface area contributed by atoms with Gasteiger partial charge in [-0.3, -0.25) is 4.57 Å². The van der Waals surface area contributed by atoms with E-state index in [1.165, 1.54) is 12.1 Å². The lowest BCUT2D eigenvalue weighted by molar-refractivity contribution is 0.0692. The Kier molecular flexibility index (Phi) is 7.95. The van der Waals surface area contributed by atoms with Crippen LogP contribution in [0.1, 0.15) is 21.5 Å². The molecule has 1 heterocycles. The molecular formula is C36H27FN2O4. The van der Waals surface area contributed by atoms with Gasteiger partial charge in [-0.2, -0.15) is 0 Å². The summed E-state index contributed by atoms with van der Waals surface area (Å²) in [5.41, 5.74) is 4.09. The smallest absolute Gasteiger partial charge is 0.338 e. The maximum absolute atomic E-state index is 14.9. The molecule has 0 fully saturated rings. The minimum Gasteiger partial charge on any atom is -0.488 e. The Bertz CT molecular complexity index is 1870. The van der Waals surface area contributed by atoms with E-state index in [0.29, 0.717) is 47.5 Å².